The van der Waals surface area contributed by atoms with E-state index in [0.29, 0.717) is 13.0 Å². The summed E-state index contributed by atoms with van der Waals surface area (Å²) in [5, 5.41) is 2.89. The van der Waals surface area contributed by atoms with Gasteiger partial charge in [0.2, 0.25) is 5.91 Å². The van der Waals surface area contributed by atoms with E-state index in [0.717, 1.165) is 11.1 Å². The fourth-order valence-electron chi connectivity index (χ4n) is 2.86. The van der Waals surface area contributed by atoms with Crippen LogP contribution in [0.4, 0.5) is 0 Å². The van der Waals surface area contributed by atoms with Crippen molar-refractivity contribution in [3.8, 4) is 0 Å². The molecule has 128 valence electrons. The van der Waals surface area contributed by atoms with Gasteiger partial charge in [-0.2, -0.15) is 0 Å². The number of aryl methyl sites for hydroxylation is 2. The smallest absolute Gasteiger partial charge is 0.331 e. The minimum Gasteiger partial charge on any atom is -0.464 e. The Morgan fingerprint density at radius 2 is 1.91 bits per heavy atom. The third kappa shape index (κ3) is 5.70. The first kappa shape index (κ1) is 19.2. The van der Waals surface area contributed by atoms with E-state index in [-0.39, 0.29) is 24.2 Å². The molecule has 0 radical (unpaired) electrons. The SMILES string of the molecule is CCOC(=O)C(C)(CC(C)C)NC(=O)Cc1ccc(C)cc1C. The van der Waals surface area contributed by atoms with Crippen LogP contribution in [0.3, 0.4) is 0 Å². The Bertz CT molecular complexity index is 566. The fourth-order valence-corrected chi connectivity index (χ4v) is 2.86. The second kappa shape index (κ2) is 8.14. The number of amides is 1. The summed E-state index contributed by atoms with van der Waals surface area (Å²) in [4.78, 5) is 24.7. The molecule has 4 nitrogen and oxygen atoms in total. The molecular formula is C19H29NO3. The lowest BCUT2D eigenvalue weighted by molar-refractivity contribution is -0.153. The molecule has 0 saturated carbocycles. The maximum Gasteiger partial charge on any atom is 0.331 e. The zero-order valence-electron chi connectivity index (χ0n) is 15.2. The van der Waals surface area contributed by atoms with Gasteiger partial charge in [-0.1, -0.05) is 37.6 Å². The van der Waals surface area contributed by atoms with Gasteiger partial charge in [0, 0.05) is 0 Å². The van der Waals surface area contributed by atoms with Crippen molar-refractivity contribution in [3.05, 3.63) is 34.9 Å². The zero-order valence-corrected chi connectivity index (χ0v) is 15.2. The number of hydrogen-bond acceptors (Lipinski definition) is 3. The van der Waals surface area contributed by atoms with Gasteiger partial charge in [0.1, 0.15) is 5.54 Å². The van der Waals surface area contributed by atoms with Crippen molar-refractivity contribution in [2.75, 3.05) is 6.61 Å². The Labute approximate surface area is 139 Å². The number of benzene rings is 1. The molecule has 1 atom stereocenters. The van der Waals surface area contributed by atoms with Gasteiger partial charge in [0.05, 0.1) is 13.0 Å². The average Bonchev–Trinajstić information content (AvgIpc) is 2.41. The molecule has 1 aromatic rings. The highest BCUT2D eigenvalue weighted by molar-refractivity contribution is 5.88. The lowest BCUT2D eigenvalue weighted by Crippen LogP contribution is -2.54. The number of carbonyl (C=O) groups is 2. The monoisotopic (exact) mass is 319 g/mol. The van der Waals surface area contributed by atoms with Gasteiger partial charge in [-0.05, 0) is 51.2 Å². The van der Waals surface area contributed by atoms with Crippen LogP contribution in [-0.4, -0.2) is 24.0 Å². The summed E-state index contributed by atoms with van der Waals surface area (Å²) in [7, 11) is 0. The molecular weight excluding hydrogens is 290 g/mol. The standard InChI is InChI=1S/C19H29NO3/c1-7-23-18(22)19(6,12-13(2)3)20-17(21)11-16-9-8-14(4)10-15(16)5/h8-10,13H,7,11-12H2,1-6H3,(H,20,21). The van der Waals surface area contributed by atoms with E-state index in [9.17, 15) is 9.59 Å². The quantitative estimate of drug-likeness (QED) is 0.784. The molecule has 0 aliphatic carbocycles. The summed E-state index contributed by atoms with van der Waals surface area (Å²) in [5.74, 6) is -0.262. The molecule has 0 aliphatic rings. The number of esters is 1. The Morgan fingerprint density at radius 3 is 2.43 bits per heavy atom. The zero-order chi connectivity index (χ0) is 17.6. The summed E-state index contributed by atoms with van der Waals surface area (Å²) < 4.78 is 5.14. The molecule has 1 unspecified atom stereocenters. The second-order valence-electron chi connectivity index (χ2n) is 6.81. The molecule has 4 heteroatoms. The Balaban J connectivity index is 2.86. The van der Waals surface area contributed by atoms with E-state index in [4.69, 9.17) is 4.74 Å². The Kier molecular flexibility index (Phi) is 6.79. The van der Waals surface area contributed by atoms with Crippen LogP contribution in [0.2, 0.25) is 0 Å². The van der Waals surface area contributed by atoms with Crippen LogP contribution in [-0.2, 0) is 20.7 Å². The molecule has 0 aliphatic heterocycles. The Hall–Kier alpha value is -1.84. The molecule has 0 aromatic heterocycles. The number of nitrogens with one attached hydrogen (secondary N) is 1. The first-order valence-corrected chi connectivity index (χ1v) is 8.22. The highest BCUT2D eigenvalue weighted by Crippen LogP contribution is 2.19. The van der Waals surface area contributed by atoms with Crippen LogP contribution in [0.25, 0.3) is 0 Å². The number of ether oxygens (including phenoxy) is 1. The normalized spacial score (nSPS) is 13.5. The van der Waals surface area contributed by atoms with E-state index in [1.807, 2.05) is 39.8 Å². The van der Waals surface area contributed by atoms with Gasteiger partial charge >= 0.3 is 5.97 Å². The van der Waals surface area contributed by atoms with Crippen molar-refractivity contribution >= 4 is 11.9 Å². The molecule has 1 aromatic carbocycles. The molecule has 1 rings (SSSR count). The van der Waals surface area contributed by atoms with Crippen molar-refractivity contribution < 1.29 is 14.3 Å². The third-order valence-electron chi connectivity index (χ3n) is 3.81. The molecule has 0 fully saturated rings. The lowest BCUT2D eigenvalue weighted by Gasteiger charge is -2.30. The van der Waals surface area contributed by atoms with Crippen molar-refractivity contribution in [1.82, 2.24) is 5.32 Å². The maximum atomic E-state index is 12.4. The van der Waals surface area contributed by atoms with Crippen LogP contribution in [0, 0.1) is 19.8 Å². The van der Waals surface area contributed by atoms with Crippen LogP contribution in [0.1, 0.15) is 50.8 Å². The van der Waals surface area contributed by atoms with E-state index in [1.165, 1.54) is 5.56 Å². The van der Waals surface area contributed by atoms with Gasteiger partial charge < -0.3 is 10.1 Å². The van der Waals surface area contributed by atoms with Gasteiger partial charge in [0.25, 0.3) is 0 Å². The molecule has 23 heavy (non-hydrogen) atoms. The summed E-state index contributed by atoms with van der Waals surface area (Å²) in [6, 6.07) is 6.02. The minimum atomic E-state index is -0.986. The maximum absolute atomic E-state index is 12.4. The molecule has 1 N–H and O–H groups in total. The molecule has 0 saturated heterocycles. The molecule has 0 bridgehead atoms. The predicted molar refractivity (Wildman–Crippen MR) is 92.3 cm³/mol. The van der Waals surface area contributed by atoms with Crippen LogP contribution in [0.15, 0.2) is 18.2 Å². The van der Waals surface area contributed by atoms with E-state index in [2.05, 4.69) is 11.4 Å². The van der Waals surface area contributed by atoms with Gasteiger partial charge in [0.15, 0.2) is 0 Å². The van der Waals surface area contributed by atoms with E-state index in [1.54, 1.807) is 13.8 Å². The summed E-state index contributed by atoms with van der Waals surface area (Å²) in [6.07, 6.45) is 0.809. The summed E-state index contributed by atoms with van der Waals surface area (Å²) in [5.41, 5.74) is 2.24. The Morgan fingerprint density at radius 1 is 1.26 bits per heavy atom. The van der Waals surface area contributed by atoms with Crippen molar-refractivity contribution in [2.45, 2.75) is 59.9 Å². The largest absolute Gasteiger partial charge is 0.464 e. The van der Waals surface area contributed by atoms with Crippen molar-refractivity contribution in [2.24, 2.45) is 5.92 Å². The van der Waals surface area contributed by atoms with Crippen molar-refractivity contribution in [3.63, 3.8) is 0 Å². The topological polar surface area (TPSA) is 55.4 Å². The lowest BCUT2D eigenvalue weighted by atomic mass is 9.90. The fraction of sp³-hybridized carbons (Fsp3) is 0.579. The highest BCUT2D eigenvalue weighted by atomic mass is 16.5. The first-order chi connectivity index (χ1) is 10.7. The van der Waals surface area contributed by atoms with Crippen LogP contribution >= 0.6 is 0 Å². The molecule has 0 spiro atoms. The first-order valence-electron chi connectivity index (χ1n) is 8.22. The van der Waals surface area contributed by atoms with Crippen LogP contribution in [0.5, 0.6) is 0 Å². The van der Waals surface area contributed by atoms with Gasteiger partial charge in [-0.3, -0.25) is 4.79 Å². The number of carbonyl (C=O) groups excluding carboxylic acids is 2. The number of hydrogen-bond donors (Lipinski definition) is 1. The second-order valence-corrected chi connectivity index (χ2v) is 6.81. The molecule has 1 amide bonds. The third-order valence-corrected chi connectivity index (χ3v) is 3.81. The van der Waals surface area contributed by atoms with Crippen LogP contribution < -0.4 is 5.32 Å². The van der Waals surface area contributed by atoms with Gasteiger partial charge in [-0.15, -0.1) is 0 Å². The van der Waals surface area contributed by atoms with Gasteiger partial charge in [-0.25, -0.2) is 4.79 Å². The minimum absolute atomic E-state index is 0.159. The van der Waals surface area contributed by atoms with Crippen molar-refractivity contribution in [1.29, 1.82) is 0 Å². The van der Waals surface area contributed by atoms with E-state index < -0.39 is 5.54 Å². The molecule has 0 heterocycles. The average molecular weight is 319 g/mol. The highest BCUT2D eigenvalue weighted by Gasteiger charge is 2.36. The van der Waals surface area contributed by atoms with E-state index >= 15 is 0 Å². The number of rotatable bonds is 7. The summed E-state index contributed by atoms with van der Waals surface area (Å²) in [6.45, 7) is 11.9. The summed E-state index contributed by atoms with van der Waals surface area (Å²) >= 11 is 0. The predicted octanol–water partition coefficient (Wildman–Crippen LogP) is 3.33.